The van der Waals surface area contributed by atoms with Crippen LogP contribution < -0.4 is 21.5 Å². The van der Waals surface area contributed by atoms with Crippen molar-refractivity contribution in [2.75, 3.05) is 4.90 Å². The number of nitrogens with two attached hydrogens (primary N) is 1. The van der Waals surface area contributed by atoms with Crippen LogP contribution in [-0.4, -0.2) is 18.0 Å². The Kier molecular flexibility index (Phi) is 4.12. The number of rotatable bonds is 1. The van der Waals surface area contributed by atoms with Crippen LogP contribution in [0.1, 0.15) is 24.1 Å². The average molecular weight is 419 g/mol. The summed E-state index contributed by atoms with van der Waals surface area (Å²) in [5.74, 6) is -2.28. The molecule has 1 spiro atoms. The zero-order valence-corrected chi connectivity index (χ0v) is 16.4. The van der Waals surface area contributed by atoms with Crippen LogP contribution in [0.2, 0.25) is 0 Å². The number of amides is 2. The van der Waals surface area contributed by atoms with Gasteiger partial charge < -0.3 is 10.5 Å². The number of anilines is 1. The molecular formula is C22H18FN5O3. The van der Waals surface area contributed by atoms with Gasteiger partial charge in [-0.15, -0.1) is 0 Å². The first-order valence-electron chi connectivity index (χ1n) is 9.69. The number of carbonyl (C=O) groups excluding carboxylic acids is 2. The van der Waals surface area contributed by atoms with Crippen molar-refractivity contribution in [3.05, 3.63) is 76.9 Å². The molecule has 2 aromatic rings. The van der Waals surface area contributed by atoms with E-state index in [1.807, 2.05) is 0 Å². The Morgan fingerprint density at radius 2 is 1.94 bits per heavy atom. The van der Waals surface area contributed by atoms with Crippen LogP contribution in [-0.2, 0) is 19.7 Å². The van der Waals surface area contributed by atoms with Crippen LogP contribution in [0.15, 0.2) is 60.0 Å². The van der Waals surface area contributed by atoms with Gasteiger partial charge in [-0.2, -0.15) is 5.26 Å². The maximum atomic E-state index is 14.0. The minimum atomic E-state index is -1.56. The second-order valence-corrected chi connectivity index (χ2v) is 7.72. The number of carbonyl (C=O) groups is 2. The summed E-state index contributed by atoms with van der Waals surface area (Å²) in [6, 6.07) is 14.2. The molecule has 3 aliphatic rings. The van der Waals surface area contributed by atoms with Crippen molar-refractivity contribution in [2.45, 2.75) is 24.6 Å². The molecule has 4 N–H and O–H groups in total. The molecule has 0 bridgehead atoms. The molecule has 0 radical (unpaired) electrons. The standard InChI is InChI=1S/C22H18FN5O3/c1-11(29)28-16-5-3-2-4-14(16)22(21(28)30)15(10-24)19(25)31-20-17(22)18(26-27-20)12-6-8-13(23)9-7-12/h2-9,17-18,20,26-27H,25H2,1H3. The third-order valence-corrected chi connectivity index (χ3v) is 6.23. The quantitative estimate of drug-likeness (QED) is 0.640. The summed E-state index contributed by atoms with van der Waals surface area (Å²) in [7, 11) is 0. The topological polar surface area (TPSA) is 120 Å². The third kappa shape index (κ3) is 2.40. The largest absolute Gasteiger partial charge is 0.458 e. The number of hydrogen-bond donors (Lipinski definition) is 3. The predicted octanol–water partition coefficient (Wildman–Crippen LogP) is 1.47. The van der Waals surface area contributed by atoms with Gasteiger partial charge in [0.2, 0.25) is 11.8 Å². The number of nitrogens with zero attached hydrogens (tertiary/aromatic N) is 2. The Balaban J connectivity index is 1.81. The number of para-hydroxylation sites is 1. The lowest BCUT2D eigenvalue weighted by molar-refractivity contribution is -0.131. The summed E-state index contributed by atoms with van der Waals surface area (Å²) in [5.41, 5.74) is 12.2. The molecule has 2 amide bonds. The highest BCUT2D eigenvalue weighted by Crippen LogP contribution is 2.58. The van der Waals surface area contributed by atoms with Crippen LogP contribution in [0.3, 0.4) is 0 Å². The van der Waals surface area contributed by atoms with Crippen LogP contribution >= 0.6 is 0 Å². The summed E-state index contributed by atoms with van der Waals surface area (Å²) in [6.45, 7) is 1.30. The van der Waals surface area contributed by atoms with Crippen molar-refractivity contribution in [2.24, 2.45) is 11.7 Å². The van der Waals surface area contributed by atoms with Gasteiger partial charge in [0.15, 0.2) is 6.23 Å². The van der Waals surface area contributed by atoms with Gasteiger partial charge in [-0.1, -0.05) is 30.3 Å². The highest BCUT2D eigenvalue weighted by molar-refractivity contribution is 6.24. The molecule has 156 valence electrons. The number of ether oxygens (including phenoxy) is 1. The first-order chi connectivity index (χ1) is 14.9. The normalized spacial score (nSPS) is 28.9. The van der Waals surface area contributed by atoms with Crippen molar-refractivity contribution in [1.82, 2.24) is 10.9 Å². The predicted molar refractivity (Wildman–Crippen MR) is 107 cm³/mol. The van der Waals surface area contributed by atoms with Crippen molar-refractivity contribution >= 4 is 17.5 Å². The molecule has 1 fully saturated rings. The van der Waals surface area contributed by atoms with Crippen LogP contribution in [0.25, 0.3) is 0 Å². The summed E-state index contributed by atoms with van der Waals surface area (Å²) >= 11 is 0. The Hall–Kier alpha value is -3.74. The van der Waals surface area contributed by atoms with E-state index in [2.05, 4.69) is 16.9 Å². The molecule has 1 saturated heterocycles. The molecule has 5 rings (SSSR count). The monoisotopic (exact) mass is 419 g/mol. The molecule has 9 heteroatoms. The van der Waals surface area contributed by atoms with Gasteiger partial charge in [0.25, 0.3) is 5.91 Å². The summed E-state index contributed by atoms with van der Waals surface area (Å²) in [4.78, 5) is 27.5. The number of nitrogens with one attached hydrogen (secondary N) is 2. The van der Waals surface area contributed by atoms with Crippen molar-refractivity contribution in [3.8, 4) is 6.07 Å². The molecule has 8 nitrogen and oxygen atoms in total. The average Bonchev–Trinajstić information content (AvgIpc) is 3.27. The van der Waals surface area contributed by atoms with Crippen LogP contribution in [0.4, 0.5) is 10.1 Å². The maximum Gasteiger partial charge on any atom is 0.250 e. The van der Waals surface area contributed by atoms with Gasteiger partial charge in [0, 0.05) is 6.92 Å². The van der Waals surface area contributed by atoms with Gasteiger partial charge in [0.05, 0.1) is 17.6 Å². The fourth-order valence-electron chi connectivity index (χ4n) is 5.05. The summed E-state index contributed by atoms with van der Waals surface area (Å²) in [5, 5.41) is 10.1. The van der Waals surface area contributed by atoms with Crippen molar-refractivity contribution < 1.29 is 18.7 Å². The first-order valence-corrected chi connectivity index (χ1v) is 9.69. The molecule has 3 heterocycles. The molecule has 0 aliphatic carbocycles. The Morgan fingerprint density at radius 1 is 1.23 bits per heavy atom. The fraction of sp³-hybridized carbons (Fsp3) is 0.227. The smallest absolute Gasteiger partial charge is 0.250 e. The number of hydrazine groups is 1. The van der Waals surface area contributed by atoms with Crippen LogP contribution in [0.5, 0.6) is 0 Å². The highest BCUT2D eigenvalue weighted by atomic mass is 19.1. The molecule has 4 unspecified atom stereocenters. The number of halogens is 1. The lowest BCUT2D eigenvalue weighted by Crippen LogP contribution is -2.56. The molecular weight excluding hydrogens is 401 g/mol. The van der Waals surface area contributed by atoms with E-state index in [4.69, 9.17) is 10.5 Å². The Bertz CT molecular complexity index is 1190. The second-order valence-electron chi connectivity index (χ2n) is 7.72. The van der Waals surface area contributed by atoms with Gasteiger partial charge in [-0.05, 0) is 29.3 Å². The van der Waals surface area contributed by atoms with Gasteiger partial charge >= 0.3 is 0 Å². The number of fused-ring (bicyclic) bond motifs is 4. The van der Waals surface area contributed by atoms with E-state index in [1.165, 1.54) is 19.1 Å². The van der Waals surface area contributed by atoms with E-state index < -0.39 is 41.2 Å². The van der Waals surface area contributed by atoms with E-state index in [1.54, 1.807) is 36.4 Å². The fourth-order valence-corrected chi connectivity index (χ4v) is 5.05. The number of imide groups is 1. The Labute approximate surface area is 177 Å². The van der Waals surface area contributed by atoms with E-state index in [9.17, 15) is 19.2 Å². The maximum absolute atomic E-state index is 14.0. The van der Waals surface area contributed by atoms with Crippen LogP contribution in [0, 0.1) is 23.1 Å². The molecule has 4 atom stereocenters. The summed E-state index contributed by atoms with van der Waals surface area (Å²) in [6.07, 6.45) is -0.768. The molecule has 0 saturated carbocycles. The van der Waals surface area contributed by atoms with Crippen molar-refractivity contribution in [3.63, 3.8) is 0 Å². The zero-order chi connectivity index (χ0) is 21.9. The number of nitriles is 1. The lowest BCUT2D eigenvalue weighted by atomic mass is 9.62. The van der Waals surface area contributed by atoms with Gasteiger partial charge in [0.1, 0.15) is 22.9 Å². The van der Waals surface area contributed by atoms with E-state index in [0.29, 0.717) is 16.8 Å². The van der Waals surface area contributed by atoms with Gasteiger partial charge in [-0.3, -0.25) is 9.59 Å². The minimum Gasteiger partial charge on any atom is -0.458 e. The SMILES string of the molecule is CC(=O)N1C(=O)C2(C(C#N)=C(N)OC3NNC(c4ccc(F)cc4)C32)c2ccccc21. The zero-order valence-electron chi connectivity index (χ0n) is 16.4. The molecule has 3 aliphatic heterocycles. The van der Waals surface area contributed by atoms with Gasteiger partial charge in [-0.25, -0.2) is 20.1 Å². The lowest BCUT2D eigenvalue weighted by Gasteiger charge is -2.42. The molecule has 0 aromatic heterocycles. The first kappa shape index (κ1) is 19.2. The third-order valence-electron chi connectivity index (χ3n) is 6.23. The molecule has 2 aromatic carbocycles. The number of benzene rings is 2. The second kappa shape index (κ2) is 6.63. The summed E-state index contributed by atoms with van der Waals surface area (Å²) < 4.78 is 19.3. The Morgan fingerprint density at radius 3 is 2.61 bits per heavy atom. The van der Waals surface area contributed by atoms with Crippen molar-refractivity contribution in [1.29, 1.82) is 5.26 Å². The number of hydrogen-bond acceptors (Lipinski definition) is 7. The van der Waals surface area contributed by atoms with E-state index in [0.717, 1.165) is 4.90 Å². The molecule has 31 heavy (non-hydrogen) atoms. The van der Waals surface area contributed by atoms with E-state index >= 15 is 0 Å². The van der Waals surface area contributed by atoms with E-state index in [-0.39, 0.29) is 11.5 Å². The highest BCUT2D eigenvalue weighted by Gasteiger charge is 2.67. The minimum absolute atomic E-state index is 0.0486.